The first-order chi connectivity index (χ1) is 11.7. The zero-order chi connectivity index (χ0) is 16.9. The van der Waals surface area contributed by atoms with E-state index in [1.165, 1.54) is 0 Å². The third kappa shape index (κ3) is 3.98. The van der Waals surface area contributed by atoms with Crippen LogP contribution in [0.3, 0.4) is 0 Å². The lowest BCUT2D eigenvalue weighted by Gasteiger charge is -2.09. The van der Waals surface area contributed by atoms with Crippen LogP contribution >= 0.6 is 0 Å². The number of carbonyl (C=O) groups excluding carboxylic acids is 1. The fourth-order valence-corrected chi connectivity index (χ4v) is 2.92. The van der Waals surface area contributed by atoms with Gasteiger partial charge in [-0.1, -0.05) is 30.3 Å². The van der Waals surface area contributed by atoms with Crippen LogP contribution in [0, 0.1) is 0 Å². The molecule has 3 rings (SSSR count). The molecule has 1 aliphatic carbocycles. The number of hydrogen-bond acceptors (Lipinski definition) is 3. The Bertz CT molecular complexity index is 717. The van der Waals surface area contributed by atoms with Crippen LogP contribution in [-0.2, 0) is 6.42 Å². The van der Waals surface area contributed by atoms with E-state index in [1.54, 1.807) is 25.3 Å². The highest BCUT2D eigenvalue weighted by molar-refractivity contribution is 5.75. The monoisotopic (exact) mass is 326 g/mol. The van der Waals surface area contributed by atoms with Crippen LogP contribution < -0.4 is 15.4 Å². The molecular weight excluding hydrogens is 304 g/mol. The molecule has 0 aliphatic heterocycles. The van der Waals surface area contributed by atoms with Gasteiger partial charge in [0.2, 0.25) is 0 Å². The SMILES string of the molecule is COc1ccccc1[C@@H]1C[C@H]1NC(=O)NCCc1cccc(O)c1. The molecule has 5 nitrogen and oxygen atoms in total. The quantitative estimate of drug-likeness (QED) is 0.764. The van der Waals surface area contributed by atoms with Crippen molar-refractivity contribution < 1.29 is 14.6 Å². The average Bonchev–Trinajstić information content (AvgIpc) is 3.33. The van der Waals surface area contributed by atoms with Crippen molar-refractivity contribution in [3.05, 3.63) is 59.7 Å². The molecule has 0 aromatic heterocycles. The van der Waals surface area contributed by atoms with E-state index in [4.69, 9.17) is 4.74 Å². The zero-order valence-corrected chi connectivity index (χ0v) is 13.7. The topological polar surface area (TPSA) is 70.6 Å². The van der Waals surface area contributed by atoms with Crippen molar-refractivity contribution in [1.82, 2.24) is 10.6 Å². The summed E-state index contributed by atoms with van der Waals surface area (Å²) < 4.78 is 5.37. The van der Waals surface area contributed by atoms with Crippen molar-refractivity contribution in [2.24, 2.45) is 0 Å². The van der Waals surface area contributed by atoms with E-state index in [1.807, 2.05) is 30.3 Å². The number of hydrogen-bond donors (Lipinski definition) is 3. The number of aromatic hydroxyl groups is 1. The highest BCUT2D eigenvalue weighted by Crippen LogP contribution is 2.44. The summed E-state index contributed by atoms with van der Waals surface area (Å²) in [6.07, 6.45) is 1.61. The van der Waals surface area contributed by atoms with Crippen molar-refractivity contribution in [2.45, 2.75) is 24.8 Å². The molecule has 3 N–H and O–H groups in total. The van der Waals surface area contributed by atoms with Crippen LogP contribution in [0.4, 0.5) is 4.79 Å². The predicted molar refractivity (Wildman–Crippen MR) is 92.5 cm³/mol. The number of phenolic OH excluding ortho intramolecular Hbond substituents is 1. The Kier molecular flexibility index (Phi) is 4.89. The van der Waals surface area contributed by atoms with Gasteiger partial charge in [-0.15, -0.1) is 0 Å². The fraction of sp³-hybridized carbons (Fsp3) is 0.316. The third-order valence-corrected chi connectivity index (χ3v) is 4.26. The van der Waals surface area contributed by atoms with Crippen molar-refractivity contribution >= 4 is 6.03 Å². The minimum Gasteiger partial charge on any atom is -0.508 e. The molecule has 0 unspecified atom stereocenters. The number of para-hydroxylation sites is 1. The summed E-state index contributed by atoms with van der Waals surface area (Å²) in [4.78, 5) is 12.0. The first kappa shape index (κ1) is 16.2. The second-order valence-corrected chi connectivity index (χ2v) is 6.01. The van der Waals surface area contributed by atoms with Crippen LogP contribution in [0.5, 0.6) is 11.5 Å². The first-order valence-corrected chi connectivity index (χ1v) is 8.12. The fourth-order valence-electron chi connectivity index (χ4n) is 2.92. The molecule has 1 saturated carbocycles. The number of ether oxygens (including phenoxy) is 1. The highest BCUT2D eigenvalue weighted by atomic mass is 16.5. The molecule has 0 bridgehead atoms. The Balaban J connectivity index is 1.43. The van der Waals surface area contributed by atoms with Gasteiger partial charge in [0.05, 0.1) is 7.11 Å². The molecule has 1 fully saturated rings. The summed E-state index contributed by atoms with van der Waals surface area (Å²) in [6.45, 7) is 0.529. The maximum absolute atomic E-state index is 12.0. The van der Waals surface area contributed by atoms with Gasteiger partial charge in [-0.2, -0.15) is 0 Å². The summed E-state index contributed by atoms with van der Waals surface area (Å²) in [6, 6.07) is 15.0. The summed E-state index contributed by atoms with van der Waals surface area (Å²) in [5.74, 6) is 1.43. The lowest BCUT2D eigenvalue weighted by Crippen LogP contribution is -2.38. The van der Waals surface area contributed by atoms with Gasteiger partial charge in [-0.05, 0) is 42.2 Å². The normalized spacial score (nSPS) is 18.7. The van der Waals surface area contributed by atoms with E-state index in [0.717, 1.165) is 23.3 Å². The van der Waals surface area contributed by atoms with E-state index < -0.39 is 0 Å². The lowest BCUT2D eigenvalue weighted by atomic mass is 10.1. The summed E-state index contributed by atoms with van der Waals surface area (Å²) in [5.41, 5.74) is 2.14. The van der Waals surface area contributed by atoms with Crippen LogP contribution in [0.25, 0.3) is 0 Å². The molecular formula is C19H22N2O3. The number of rotatable bonds is 6. The summed E-state index contributed by atoms with van der Waals surface area (Å²) in [7, 11) is 1.66. The van der Waals surface area contributed by atoms with E-state index in [2.05, 4.69) is 10.6 Å². The van der Waals surface area contributed by atoms with Gasteiger partial charge in [-0.25, -0.2) is 4.79 Å². The van der Waals surface area contributed by atoms with Crippen molar-refractivity contribution in [3.63, 3.8) is 0 Å². The molecule has 24 heavy (non-hydrogen) atoms. The van der Waals surface area contributed by atoms with Gasteiger partial charge in [0.1, 0.15) is 11.5 Å². The van der Waals surface area contributed by atoms with Crippen molar-refractivity contribution in [3.8, 4) is 11.5 Å². The van der Waals surface area contributed by atoms with Crippen LogP contribution in [0.15, 0.2) is 48.5 Å². The Labute approximate surface area is 141 Å². The van der Waals surface area contributed by atoms with Crippen LogP contribution in [0.2, 0.25) is 0 Å². The largest absolute Gasteiger partial charge is 0.508 e. The van der Waals surface area contributed by atoms with E-state index >= 15 is 0 Å². The second kappa shape index (κ2) is 7.25. The van der Waals surface area contributed by atoms with Gasteiger partial charge in [0.25, 0.3) is 0 Å². The molecule has 126 valence electrons. The van der Waals surface area contributed by atoms with Crippen LogP contribution in [-0.4, -0.2) is 30.8 Å². The van der Waals surface area contributed by atoms with Gasteiger partial charge < -0.3 is 20.5 Å². The van der Waals surface area contributed by atoms with Gasteiger partial charge in [0.15, 0.2) is 0 Å². The minimum absolute atomic E-state index is 0.155. The molecule has 2 aromatic carbocycles. The molecule has 1 aliphatic rings. The van der Waals surface area contributed by atoms with E-state index in [-0.39, 0.29) is 17.8 Å². The molecule has 0 heterocycles. The van der Waals surface area contributed by atoms with Crippen LogP contribution in [0.1, 0.15) is 23.5 Å². The molecule has 2 amide bonds. The number of methoxy groups -OCH3 is 1. The van der Waals surface area contributed by atoms with Crippen molar-refractivity contribution in [2.75, 3.05) is 13.7 Å². The predicted octanol–water partition coefficient (Wildman–Crippen LogP) is 2.80. The smallest absolute Gasteiger partial charge is 0.315 e. The number of amides is 2. The number of benzene rings is 2. The summed E-state index contributed by atoms with van der Waals surface area (Å²) >= 11 is 0. The number of carbonyl (C=O) groups is 1. The number of phenols is 1. The third-order valence-electron chi connectivity index (χ3n) is 4.26. The Morgan fingerprint density at radius 1 is 1.25 bits per heavy atom. The molecule has 2 aromatic rings. The molecule has 0 saturated heterocycles. The average molecular weight is 326 g/mol. The van der Waals surface area contributed by atoms with E-state index in [9.17, 15) is 9.90 Å². The first-order valence-electron chi connectivity index (χ1n) is 8.12. The Morgan fingerprint density at radius 2 is 2.08 bits per heavy atom. The molecule has 0 spiro atoms. The standard InChI is InChI=1S/C19H22N2O3/c1-24-18-8-3-2-7-15(18)16-12-17(16)21-19(23)20-10-9-13-5-4-6-14(22)11-13/h2-8,11,16-17,22H,9-10,12H2,1H3,(H2,20,21,23)/t16-,17+/m0/s1. The molecule has 5 heteroatoms. The maximum atomic E-state index is 12.0. The zero-order valence-electron chi connectivity index (χ0n) is 13.7. The highest BCUT2D eigenvalue weighted by Gasteiger charge is 2.41. The Morgan fingerprint density at radius 3 is 2.88 bits per heavy atom. The van der Waals surface area contributed by atoms with E-state index in [0.29, 0.717) is 18.9 Å². The maximum Gasteiger partial charge on any atom is 0.315 e. The minimum atomic E-state index is -0.155. The van der Waals surface area contributed by atoms with Gasteiger partial charge >= 0.3 is 6.03 Å². The van der Waals surface area contributed by atoms with Gasteiger partial charge in [0, 0.05) is 18.5 Å². The number of nitrogens with one attached hydrogen (secondary N) is 2. The lowest BCUT2D eigenvalue weighted by molar-refractivity contribution is 0.240. The number of urea groups is 1. The Hall–Kier alpha value is -2.69. The van der Waals surface area contributed by atoms with Gasteiger partial charge in [-0.3, -0.25) is 0 Å². The molecule has 2 atom stereocenters. The summed E-state index contributed by atoms with van der Waals surface area (Å²) in [5, 5.41) is 15.3. The second-order valence-electron chi connectivity index (χ2n) is 6.01. The van der Waals surface area contributed by atoms with Crippen molar-refractivity contribution in [1.29, 1.82) is 0 Å². The molecule has 0 radical (unpaired) electrons.